The minimum atomic E-state index is -3.70. The van der Waals surface area contributed by atoms with Crippen molar-refractivity contribution in [2.45, 2.75) is 18.4 Å². The molecule has 2 aromatic carbocycles. The standard InChI is InChI=1S/C21H22N2O4S2/c22-29(26,27)15-17-8-4-9-18(12-17)21(25)23(13-16-6-2-1-3-7-16)14-19(24)20-10-5-11-28-20/h1-12,19,24H,13-15H2,(H2,22,26,27)/t19-/m1/s1. The third kappa shape index (κ3) is 6.23. The van der Waals surface area contributed by atoms with Gasteiger partial charge in [-0.15, -0.1) is 11.3 Å². The van der Waals surface area contributed by atoms with E-state index >= 15 is 0 Å². The molecule has 1 heterocycles. The maximum Gasteiger partial charge on any atom is 0.254 e. The fourth-order valence-electron chi connectivity index (χ4n) is 3.01. The Hall–Kier alpha value is -2.52. The number of primary sulfonamides is 1. The number of hydrogen-bond donors (Lipinski definition) is 2. The molecule has 1 amide bonds. The second-order valence-corrected chi connectivity index (χ2v) is 9.30. The topological polar surface area (TPSA) is 101 Å². The van der Waals surface area contributed by atoms with E-state index in [0.29, 0.717) is 17.7 Å². The average molecular weight is 431 g/mol. The van der Waals surface area contributed by atoms with Crippen molar-refractivity contribution in [3.8, 4) is 0 Å². The smallest absolute Gasteiger partial charge is 0.254 e. The zero-order valence-electron chi connectivity index (χ0n) is 15.6. The molecule has 0 saturated carbocycles. The number of benzene rings is 2. The van der Waals surface area contributed by atoms with Gasteiger partial charge in [-0.3, -0.25) is 4.79 Å². The Kier molecular flexibility index (Phi) is 6.81. The Morgan fingerprint density at radius 2 is 1.76 bits per heavy atom. The van der Waals surface area contributed by atoms with Crippen LogP contribution in [0.4, 0.5) is 0 Å². The van der Waals surface area contributed by atoms with Crippen molar-refractivity contribution in [3.63, 3.8) is 0 Å². The Morgan fingerprint density at radius 1 is 1.03 bits per heavy atom. The predicted octanol–water partition coefficient (Wildman–Crippen LogP) is 2.91. The van der Waals surface area contributed by atoms with E-state index in [9.17, 15) is 18.3 Å². The van der Waals surface area contributed by atoms with Gasteiger partial charge in [-0.05, 0) is 34.7 Å². The Labute approximate surface area is 174 Å². The highest BCUT2D eigenvalue weighted by Crippen LogP contribution is 2.22. The normalized spacial score (nSPS) is 12.5. The lowest BCUT2D eigenvalue weighted by atomic mass is 10.1. The largest absolute Gasteiger partial charge is 0.386 e. The number of carbonyl (C=O) groups excluding carboxylic acids is 1. The number of amides is 1. The highest BCUT2D eigenvalue weighted by molar-refractivity contribution is 7.88. The van der Waals surface area contributed by atoms with Crippen LogP contribution in [-0.2, 0) is 22.3 Å². The maximum atomic E-state index is 13.2. The molecule has 3 N–H and O–H groups in total. The molecule has 0 saturated heterocycles. The molecule has 1 aromatic heterocycles. The van der Waals surface area contributed by atoms with E-state index in [1.807, 2.05) is 47.8 Å². The van der Waals surface area contributed by atoms with Crippen LogP contribution < -0.4 is 5.14 Å². The molecule has 0 radical (unpaired) electrons. The summed E-state index contributed by atoms with van der Waals surface area (Å²) in [6, 6.07) is 19.6. The fourth-order valence-corrected chi connectivity index (χ4v) is 4.36. The van der Waals surface area contributed by atoms with Crippen LogP contribution in [0.3, 0.4) is 0 Å². The van der Waals surface area contributed by atoms with Crippen LogP contribution >= 0.6 is 11.3 Å². The van der Waals surface area contributed by atoms with Crippen molar-refractivity contribution in [3.05, 3.63) is 93.7 Å². The number of nitrogens with two attached hydrogens (primary N) is 1. The molecule has 3 rings (SSSR count). The summed E-state index contributed by atoms with van der Waals surface area (Å²) in [5.41, 5.74) is 1.72. The molecule has 152 valence electrons. The van der Waals surface area contributed by atoms with Crippen LogP contribution in [0.2, 0.25) is 0 Å². The second-order valence-electron chi connectivity index (χ2n) is 6.71. The van der Waals surface area contributed by atoms with Crippen LogP contribution in [0.5, 0.6) is 0 Å². The molecule has 0 bridgehead atoms. The molecule has 0 unspecified atom stereocenters. The summed E-state index contributed by atoms with van der Waals surface area (Å²) >= 11 is 1.43. The zero-order valence-corrected chi connectivity index (χ0v) is 17.3. The molecule has 29 heavy (non-hydrogen) atoms. The van der Waals surface area contributed by atoms with Crippen molar-refractivity contribution >= 4 is 27.3 Å². The lowest BCUT2D eigenvalue weighted by Crippen LogP contribution is -2.34. The van der Waals surface area contributed by atoms with Gasteiger partial charge in [0, 0.05) is 17.0 Å². The molecular weight excluding hydrogens is 408 g/mol. The van der Waals surface area contributed by atoms with E-state index in [-0.39, 0.29) is 18.2 Å². The van der Waals surface area contributed by atoms with Gasteiger partial charge in [-0.25, -0.2) is 13.6 Å². The zero-order chi connectivity index (χ0) is 20.9. The van der Waals surface area contributed by atoms with Crippen molar-refractivity contribution in [2.75, 3.05) is 6.54 Å². The van der Waals surface area contributed by atoms with Crippen LogP contribution in [0.25, 0.3) is 0 Å². The Bertz CT molecular complexity index is 1050. The lowest BCUT2D eigenvalue weighted by Gasteiger charge is -2.25. The fraction of sp³-hybridized carbons (Fsp3) is 0.190. The molecular formula is C21H22N2O4S2. The molecule has 8 heteroatoms. The van der Waals surface area contributed by atoms with Crippen LogP contribution in [0, 0.1) is 0 Å². The van der Waals surface area contributed by atoms with Crippen LogP contribution in [-0.4, -0.2) is 30.9 Å². The molecule has 0 aliphatic carbocycles. The summed E-state index contributed by atoms with van der Waals surface area (Å²) in [6.07, 6.45) is -0.810. The van der Waals surface area contributed by atoms with Gasteiger partial charge in [0.15, 0.2) is 0 Å². The van der Waals surface area contributed by atoms with E-state index < -0.39 is 16.1 Å². The third-order valence-corrected chi connectivity index (χ3v) is 6.02. The number of aliphatic hydroxyl groups is 1. The minimum absolute atomic E-state index is 0.119. The van der Waals surface area contributed by atoms with Gasteiger partial charge in [-0.1, -0.05) is 48.5 Å². The summed E-state index contributed by atoms with van der Waals surface area (Å²) in [5.74, 6) is -0.634. The lowest BCUT2D eigenvalue weighted by molar-refractivity contribution is 0.0609. The first-order valence-electron chi connectivity index (χ1n) is 8.96. The number of carbonyl (C=O) groups is 1. The number of sulfonamides is 1. The van der Waals surface area contributed by atoms with Gasteiger partial charge in [0.05, 0.1) is 12.3 Å². The van der Waals surface area contributed by atoms with Gasteiger partial charge in [0.1, 0.15) is 6.10 Å². The minimum Gasteiger partial charge on any atom is -0.386 e. The highest BCUT2D eigenvalue weighted by atomic mass is 32.2. The molecule has 6 nitrogen and oxygen atoms in total. The highest BCUT2D eigenvalue weighted by Gasteiger charge is 2.21. The number of thiophene rings is 1. The SMILES string of the molecule is NS(=O)(=O)Cc1cccc(C(=O)N(Cc2ccccc2)C[C@@H](O)c2cccs2)c1. The first-order valence-corrected chi connectivity index (χ1v) is 11.6. The first kappa shape index (κ1) is 21.2. The number of rotatable bonds is 8. The summed E-state index contributed by atoms with van der Waals surface area (Å²) < 4.78 is 22.8. The summed E-state index contributed by atoms with van der Waals surface area (Å²) in [4.78, 5) is 15.6. The molecule has 0 fully saturated rings. The van der Waals surface area contributed by atoms with E-state index in [4.69, 9.17) is 5.14 Å². The van der Waals surface area contributed by atoms with E-state index in [1.165, 1.54) is 17.4 Å². The van der Waals surface area contributed by atoms with Gasteiger partial charge in [-0.2, -0.15) is 0 Å². The molecule has 0 aliphatic heterocycles. The van der Waals surface area contributed by atoms with Crippen molar-refractivity contribution in [1.29, 1.82) is 0 Å². The quantitative estimate of drug-likeness (QED) is 0.574. The predicted molar refractivity (Wildman–Crippen MR) is 114 cm³/mol. The first-order chi connectivity index (χ1) is 13.8. The second kappa shape index (κ2) is 9.32. The molecule has 1 atom stereocenters. The third-order valence-electron chi connectivity index (χ3n) is 4.31. The van der Waals surface area contributed by atoms with Crippen molar-refractivity contribution in [1.82, 2.24) is 4.90 Å². The van der Waals surface area contributed by atoms with Gasteiger partial charge in [0.2, 0.25) is 10.0 Å². The summed E-state index contributed by atoms with van der Waals surface area (Å²) in [6.45, 7) is 0.440. The summed E-state index contributed by atoms with van der Waals surface area (Å²) in [7, 11) is -3.70. The Balaban J connectivity index is 1.86. The maximum absolute atomic E-state index is 13.2. The van der Waals surface area contributed by atoms with E-state index in [2.05, 4.69) is 0 Å². The molecule has 0 aliphatic rings. The molecule has 3 aromatic rings. The van der Waals surface area contributed by atoms with Crippen LogP contribution in [0.1, 0.15) is 32.5 Å². The Morgan fingerprint density at radius 3 is 2.41 bits per heavy atom. The monoisotopic (exact) mass is 430 g/mol. The number of nitrogens with zero attached hydrogens (tertiary/aromatic N) is 1. The summed E-state index contributed by atoms with van der Waals surface area (Å²) in [5, 5.41) is 17.6. The van der Waals surface area contributed by atoms with E-state index in [0.717, 1.165) is 10.4 Å². The van der Waals surface area contributed by atoms with Crippen molar-refractivity contribution < 1.29 is 18.3 Å². The average Bonchev–Trinajstić information content (AvgIpc) is 3.21. The van der Waals surface area contributed by atoms with Crippen LogP contribution in [0.15, 0.2) is 72.1 Å². The number of hydrogen-bond acceptors (Lipinski definition) is 5. The van der Waals surface area contributed by atoms with Gasteiger partial charge < -0.3 is 10.0 Å². The van der Waals surface area contributed by atoms with E-state index in [1.54, 1.807) is 23.1 Å². The molecule has 0 spiro atoms. The van der Waals surface area contributed by atoms with Crippen molar-refractivity contribution in [2.24, 2.45) is 5.14 Å². The number of aliphatic hydroxyl groups excluding tert-OH is 1. The van der Waals surface area contributed by atoms with Gasteiger partial charge >= 0.3 is 0 Å². The van der Waals surface area contributed by atoms with Gasteiger partial charge in [0.25, 0.3) is 5.91 Å².